The van der Waals surface area contributed by atoms with Gasteiger partial charge >= 0.3 is 0 Å². The zero-order chi connectivity index (χ0) is 14.6. The molecule has 2 N–H and O–H groups in total. The number of nitrogens with one attached hydrogen (secondary N) is 1. The van der Waals surface area contributed by atoms with Crippen molar-refractivity contribution in [1.29, 1.82) is 0 Å². The Bertz CT molecular complexity index is 229. The van der Waals surface area contributed by atoms with Gasteiger partial charge in [-0.15, -0.1) is 0 Å². The Labute approximate surface area is 123 Å². The van der Waals surface area contributed by atoms with E-state index in [-0.39, 0.29) is 6.10 Å². The van der Waals surface area contributed by atoms with Crippen LogP contribution in [0.3, 0.4) is 0 Å². The third kappa shape index (κ3) is 8.87. The maximum Gasteiger partial charge on any atom is 0.0897 e. The van der Waals surface area contributed by atoms with Crippen molar-refractivity contribution in [3.8, 4) is 0 Å². The normalized spacial score (nSPS) is 22.1. The van der Waals surface area contributed by atoms with Gasteiger partial charge in [0.1, 0.15) is 0 Å². The predicted octanol–water partition coefficient (Wildman–Crippen LogP) is 0.864. The third-order valence-electron chi connectivity index (χ3n) is 3.55. The van der Waals surface area contributed by atoms with Crippen molar-refractivity contribution in [3.63, 3.8) is 0 Å². The molecule has 20 heavy (non-hydrogen) atoms. The molecular weight excluding hydrogens is 256 g/mol. The maximum absolute atomic E-state index is 9.79. The van der Waals surface area contributed by atoms with E-state index in [2.05, 4.69) is 24.2 Å². The highest BCUT2D eigenvalue weighted by Crippen LogP contribution is 2.02. The van der Waals surface area contributed by atoms with E-state index in [1.807, 2.05) is 0 Å². The molecule has 0 spiro atoms. The molecule has 0 aromatic heterocycles. The number of hydrogen-bond acceptors (Lipinski definition) is 5. The molecule has 5 nitrogen and oxygen atoms in total. The summed E-state index contributed by atoms with van der Waals surface area (Å²) in [5, 5.41) is 13.0. The minimum Gasteiger partial charge on any atom is -0.389 e. The van der Waals surface area contributed by atoms with Crippen molar-refractivity contribution in [2.45, 2.75) is 44.8 Å². The number of aliphatic hydroxyl groups is 1. The Kier molecular flexibility index (Phi) is 10.2. The van der Waals surface area contributed by atoms with Crippen LogP contribution in [0.1, 0.15) is 32.6 Å². The molecule has 0 radical (unpaired) electrons. The first-order valence-electron chi connectivity index (χ1n) is 7.99. The third-order valence-corrected chi connectivity index (χ3v) is 3.55. The van der Waals surface area contributed by atoms with Gasteiger partial charge < -0.3 is 24.8 Å². The minimum absolute atomic E-state index is 0.232. The van der Waals surface area contributed by atoms with E-state index in [4.69, 9.17) is 9.47 Å². The van der Waals surface area contributed by atoms with Crippen LogP contribution >= 0.6 is 0 Å². The summed E-state index contributed by atoms with van der Waals surface area (Å²) in [6, 6.07) is 0. The van der Waals surface area contributed by atoms with E-state index in [1.165, 1.54) is 19.3 Å². The average molecular weight is 288 g/mol. The van der Waals surface area contributed by atoms with Crippen molar-refractivity contribution in [1.82, 2.24) is 10.2 Å². The average Bonchev–Trinajstić information content (AvgIpc) is 2.43. The molecule has 1 aliphatic rings. The van der Waals surface area contributed by atoms with Gasteiger partial charge in [-0.05, 0) is 13.5 Å². The summed E-state index contributed by atoms with van der Waals surface area (Å²) >= 11 is 0. The molecule has 2 unspecified atom stereocenters. The van der Waals surface area contributed by atoms with Gasteiger partial charge in [0.2, 0.25) is 0 Å². The molecule has 0 aromatic carbocycles. The maximum atomic E-state index is 9.79. The van der Waals surface area contributed by atoms with E-state index in [0.717, 1.165) is 39.3 Å². The molecule has 1 heterocycles. The van der Waals surface area contributed by atoms with Crippen molar-refractivity contribution in [2.75, 3.05) is 53.0 Å². The quantitative estimate of drug-likeness (QED) is 0.552. The molecular formula is C15H32N2O3. The summed E-state index contributed by atoms with van der Waals surface area (Å²) < 4.78 is 11.1. The number of morpholine rings is 1. The first-order chi connectivity index (χ1) is 9.72. The lowest BCUT2D eigenvalue weighted by Crippen LogP contribution is -2.46. The summed E-state index contributed by atoms with van der Waals surface area (Å²) in [6.45, 7) is 7.49. The van der Waals surface area contributed by atoms with Crippen LogP contribution in [-0.4, -0.2) is 75.3 Å². The smallest absolute Gasteiger partial charge is 0.0897 e. The lowest BCUT2D eigenvalue weighted by Gasteiger charge is -2.30. The van der Waals surface area contributed by atoms with E-state index < -0.39 is 6.10 Å². The van der Waals surface area contributed by atoms with Gasteiger partial charge in [0.05, 0.1) is 25.4 Å². The lowest BCUT2D eigenvalue weighted by atomic mass is 10.2. The molecule has 0 saturated carbocycles. The van der Waals surface area contributed by atoms with Gasteiger partial charge in [-0.3, -0.25) is 0 Å². The van der Waals surface area contributed by atoms with Crippen LogP contribution in [0.15, 0.2) is 0 Å². The van der Waals surface area contributed by atoms with Gasteiger partial charge in [-0.2, -0.15) is 0 Å². The number of ether oxygens (including phenoxy) is 2. The molecule has 1 fully saturated rings. The number of hydrogen-bond donors (Lipinski definition) is 2. The van der Waals surface area contributed by atoms with Crippen molar-refractivity contribution < 1.29 is 14.6 Å². The Morgan fingerprint density at radius 1 is 1.40 bits per heavy atom. The number of aliphatic hydroxyl groups excluding tert-OH is 1. The standard InChI is InChI=1S/C15H32N2O3/c1-3-4-5-6-8-19-13-14(18)10-16-11-15-12-17(2)7-9-20-15/h14-16,18H,3-13H2,1-2H3. The summed E-state index contributed by atoms with van der Waals surface area (Å²) in [6.07, 6.45) is 4.63. The number of nitrogens with zero attached hydrogens (tertiary/aromatic N) is 1. The molecule has 5 heteroatoms. The predicted molar refractivity (Wildman–Crippen MR) is 81.1 cm³/mol. The second-order valence-corrected chi connectivity index (χ2v) is 5.70. The summed E-state index contributed by atoms with van der Waals surface area (Å²) in [7, 11) is 2.11. The van der Waals surface area contributed by atoms with E-state index in [1.54, 1.807) is 0 Å². The number of rotatable bonds is 11. The van der Waals surface area contributed by atoms with E-state index >= 15 is 0 Å². The van der Waals surface area contributed by atoms with Gasteiger partial charge in [0, 0.05) is 32.8 Å². The van der Waals surface area contributed by atoms with Crippen molar-refractivity contribution in [2.24, 2.45) is 0 Å². The molecule has 0 aromatic rings. The number of likely N-dealkylation sites (N-methyl/N-ethyl adjacent to an activating group) is 1. The summed E-state index contributed by atoms with van der Waals surface area (Å²) in [4.78, 5) is 2.27. The van der Waals surface area contributed by atoms with Crippen LogP contribution in [0.25, 0.3) is 0 Å². The SMILES string of the molecule is CCCCCCOCC(O)CNCC1CN(C)CCO1. The van der Waals surface area contributed by atoms with Crippen LogP contribution in [-0.2, 0) is 9.47 Å². The largest absolute Gasteiger partial charge is 0.389 e. The topological polar surface area (TPSA) is 54.0 Å². The Morgan fingerprint density at radius 2 is 2.25 bits per heavy atom. The zero-order valence-electron chi connectivity index (χ0n) is 13.1. The van der Waals surface area contributed by atoms with Gasteiger partial charge in [-0.25, -0.2) is 0 Å². The Balaban J connectivity index is 1.90. The molecule has 1 rings (SSSR count). The van der Waals surface area contributed by atoms with Gasteiger partial charge in [-0.1, -0.05) is 26.2 Å². The van der Waals surface area contributed by atoms with E-state index in [9.17, 15) is 5.11 Å². The fourth-order valence-electron chi connectivity index (χ4n) is 2.31. The second kappa shape index (κ2) is 11.5. The first kappa shape index (κ1) is 17.9. The molecule has 1 aliphatic heterocycles. The highest BCUT2D eigenvalue weighted by Gasteiger charge is 2.17. The molecule has 0 amide bonds. The van der Waals surface area contributed by atoms with Crippen LogP contribution < -0.4 is 5.32 Å². The lowest BCUT2D eigenvalue weighted by molar-refractivity contribution is -0.0208. The second-order valence-electron chi connectivity index (χ2n) is 5.70. The van der Waals surface area contributed by atoms with E-state index in [0.29, 0.717) is 13.2 Å². The molecule has 120 valence electrons. The van der Waals surface area contributed by atoms with Crippen LogP contribution in [0.5, 0.6) is 0 Å². The Hall–Kier alpha value is -0.200. The Morgan fingerprint density at radius 3 is 3.00 bits per heavy atom. The zero-order valence-corrected chi connectivity index (χ0v) is 13.1. The van der Waals surface area contributed by atoms with Crippen molar-refractivity contribution in [3.05, 3.63) is 0 Å². The number of unbranched alkanes of at least 4 members (excludes halogenated alkanes) is 3. The fourth-order valence-corrected chi connectivity index (χ4v) is 2.31. The molecule has 2 atom stereocenters. The van der Waals surface area contributed by atoms with Crippen LogP contribution in [0.4, 0.5) is 0 Å². The molecule has 0 bridgehead atoms. The highest BCUT2D eigenvalue weighted by atomic mass is 16.5. The van der Waals surface area contributed by atoms with Gasteiger partial charge in [0.15, 0.2) is 0 Å². The van der Waals surface area contributed by atoms with Crippen molar-refractivity contribution >= 4 is 0 Å². The summed E-state index contributed by atoms with van der Waals surface area (Å²) in [5.74, 6) is 0. The molecule has 1 saturated heterocycles. The van der Waals surface area contributed by atoms with Crippen LogP contribution in [0.2, 0.25) is 0 Å². The van der Waals surface area contributed by atoms with Gasteiger partial charge in [0.25, 0.3) is 0 Å². The fraction of sp³-hybridized carbons (Fsp3) is 1.00. The minimum atomic E-state index is -0.428. The van der Waals surface area contributed by atoms with Crippen LogP contribution in [0, 0.1) is 0 Å². The summed E-state index contributed by atoms with van der Waals surface area (Å²) in [5.41, 5.74) is 0. The molecule has 0 aliphatic carbocycles. The highest BCUT2D eigenvalue weighted by molar-refractivity contribution is 4.72. The monoisotopic (exact) mass is 288 g/mol. The first-order valence-corrected chi connectivity index (χ1v) is 7.99.